The quantitative estimate of drug-likeness (QED) is 0.174. The first kappa shape index (κ1) is 35.8. The Morgan fingerprint density at radius 3 is 1.71 bits per heavy atom. The molecule has 0 fully saturated rings. The molecule has 0 amide bonds. The summed E-state index contributed by atoms with van der Waals surface area (Å²) in [7, 11) is 0. The predicted molar refractivity (Wildman–Crippen MR) is 253 cm³/mol. The Kier molecular flexibility index (Phi) is 8.55. The lowest BCUT2D eigenvalue weighted by Crippen LogP contribution is -2.31. The normalized spacial score (nSPS) is 14.7. The molecule has 62 heavy (non-hydrogen) atoms. The zero-order valence-electron chi connectivity index (χ0n) is 33.7. The van der Waals surface area contributed by atoms with Crippen molar-refractivity contribution in [3.8, 4) is 34.4 Å². The molecular formula is C55H39N7. The maximum atomic E-state index is 5.39. The Morgan fingerprint density at radius 2 is 1.05 bits per heavy atom. The van der Waals surface area contributed by atoms with Gasteiger partial charge in [0.15, 0.2) is 0 Å². The summed E-state index contributed by atoms with van der Waals surface area (Å²) in [5.41, 5.74) is 12.8. The molecule has 1 N–H and O–H groups in total. The van der Waals surface area contributed by atoms with Gasteiger partial charge in [0.2, 0.25) is 0 Å². The summed E-state index contributed by atoms with van der Waals surface area (Å²) in [6, 6.07) is 63.1. The van der Waals surface area contributed by atoms with E-state index in [2.05, 4.69) is 196 Å². The van der Waals surface area contributed by atoms with Gasteiger partial charge in [-0.3, -0.25) is 9.13 Å². The first-order valence-electron chi connectivity index (χ1n) is 21.2. The highest BCUT2D eigenvalue weighted by atomic mass is 15.1. The molecule has 0 bridgehead atoms. The summed E-state index contributed by atoms with van der Waals surface area (Å²) in [5.74, 6) is 2.41. The maximum absolute atomic E-state index is 5.39. The Hall–Kier alpha value is -8.16. The minimum atomic E-state index is -0.113. The molecule has 0 radical (unpaired) electrons. The van der Waals surface area contributed by atoms with Gasteiger partial charge in [-0.05, 0) is 96.3 Å². The van der Waals surface area contributed by atoms with E-state index < -0.39 is 0 Å². The van der Waals surface area contributed by atoms with E-state index >= 15 is 0 Å². The van der Waals surface area contributed by atoms with Crippen LogP contribution in [-0.2, 0) is 6.42 Å². The van der Waals surface area contributed by atoms with Crippen LogP contribution in [0, 0.1) is 0 Å². The number of hydrogen-bond donors (Lipinski definition) is 1. The van der Waals surface area contributed by atoms with Gasteiger partial charge in [0, 0.05) is 21.7 Å². The first-order valence-corrected chi connectivity index (χ1v) is 21.2. The van der Waals surface area contributed by atoms with Crippen molar-refractivity contribution in [1.29, 1.82) is 0 Å². The monoisotopic (exact) mass is 797 g/mol. The lowest BCUT2D eigenvalue weighted by molar-refractivity contribution is 0.781. The number of aromatic nitrogens is 5. The van der Waals surface area contributed by atoms with Crippen LogP contribution in [0.25, 0.3) is 78.9 Å². The Bertz CT molecular complexity index is 3390. The van der Waals surface area contributed by atoms with Crippen molar-refractivity contribution in [2.24, 2.45) is 4.99 Å². The highest BCUT2D eigenvalue weighted by molar-refractivity contribution is 6.09. The van der Waals surface area contributed by atoms with Crippen LogP contribution in [0.1, 0.15) is 40.4 Å². The van der Waals surface area contributed by atoms with Crippen molar-refractivity contribution in [3.05, 3.63) is 222 Å². The van der Waals surface area contributed by atoms with Gasteiger partial charge < -0.3 is 5.32 Å². The van der Waals surface area contributed by atoms with Crippen molar-refractivity contribution < 1.29 is 0 Å². The number of aryl methyl sites for hydroxylation is 1. The van der Waals surface area contributed by atoms with Crippen LogP contribution in [-0.4, -0.2) is 29.9 Å². The molecule has 2 aliphatic rings. The second kappa shape index (κ2) is 14.8. The number of rotatable bonds is 7. The lowest BCUT2D eigenvalue weighted by Gasteiger charge is -2.25. The van der Waals surface area contributed by atoms with Crippen LogP contribution in [0.4, 0.5) is 0 Å². The molecule has 1 aliphatic carbocycles. The number of hydrogen-bond acceptors (Lipinski definition) is 5. The average molecular weight is 798 g/mol. The van der Waals surface area contributed by atoms with E-state index in [-0.39, 0.29) is 6.04 Å². The van der Waals surface area contributed by atoms with Crippen molar-refractivity contribution in [1.82, 2.24) is 29.4 Å². The van der Waals surface area contributed by atoms with Crippen LogP contribution in [0.2, 0.25) is 0 Å². The van der Waals surface area contributed by atoms with Gasteiger partial charge in [-0.15, -0.1) is 0 Å². The van der Waals surface area contributed by atoms with Crippen LogP contribution in [0.5, 0.6) is 0 Å². The first-order chi connectivity index (χ1) is 30.7. The molecule has 1 atom stereocenters. The molecular weight excluding hydrogens is 759 g/mol. The third kappa shape index (κ3) is 6.13. The van der Waals surface area contributed by atoms with E-state index in [0.717, 1.165) is 92.0 Å². The molecule has 1 aliphatic heterocycles. The molecule has 7 nitrogen and oxygen atoms in total. The lowest BCUT2D eigenvalue weighted by atomic mass is 10.00. The van der Waals surface area contributed by atoms with Crippen LogP contribution in [0.3, 0.4) is 0 Å². The van der Waals surface area contributed by atoms with Crippen LogP contribution < -0.4 is 5.32 Å². The number of benzene rings is 5. The molecule has 5 aromatic carbocycles. The number of pyridine rings is 3. The molecule has 294 valence electrons. The van der Waals surface area contributed by atoms with Gasteiger partial charge in [-0.1, -0.05) is 133 Å². The summed E-state index contributed by atoms with van der Waals surface area (Å²) in [4.78, 5) is 21.5. The van der Waals surface area contributed by atoms with Crippen molar-refractivity contribution in [2.45, 2.75) is 18.9 Å². The molecule has 12 rings (SSSR count). The van der Waals surface area contributed by atoms with E-state index in [1.165, 1.54) is 27.4 Å². The third-order valence-electron chi connectivity index (χ3n) is 12.1. The molecule has 0 saturated heterocycles. The summed E-state index contributed by atoms with van der Waals surface area (Å²) in [6.45, 7) is 0. The SMILES string of the molecule is C1=Cc2c(c3ccccc3n2-c2cccc(-c3cc(C4=NC(c5ccccc5)=CC(c5ccccc5)N4)cc(-c4cccc(-n5c6ccccc6c6ccccc65)n4)n3)n2)CC1. The average Bonchev–Trinajstić information content (AvgIpc) is 3.87. The number of nitrogens with one attached hydrogen (secondary N) is 1. The predicted octanol–water partition coefficient (Wildman–Crippen LogP) is 12.3. The van der Waals surface area contributed by atoms with Crippen molar-refractivity contribution in [3.63, 3.8) is 0 Å². The molecule has 7 heteroatoms. The number of fused-ring (bicyclic) bond motifs is 6. The van der Waals surface area contributed by atoms with Gasteiger partial charge in [0.05, 0.1) is 56.8 Å². The van der Waals surface area contributed by atoms with E-state index in [1.54, 1.807) is 0 Å². The Balaban J connectivity index is 1.05. The summed E-state index contributed by atoms with van der Waals surface area (Å²) < 4.78 is 4.54. The number of allylic oxidation sites excluding steroid dienone is 1. The molecule has 1 unspecified atom stereocenters. The summed E-state index contributed by atoms with van der Waals surface area (Å²) in [6.07, 6.45) is 8.75. The highest BCUT2D eigenvalue weighted by Gasteiger charge is 2.23. The summed E-state index contributed by atoms with van der Waals surface area (Å²) in [5, 5.41) is 7.44. The van der Waals surface area contributed by atoms with Crippen molar-refractivity contribution in [2.75, 3.05) is 0 Å². The van der Waals surface area contributed by atoms with Crippen LogP contribution in [0.15, 0.2) is 199 Å². The number of para-hydroxylation sites is 3. The zero-order chi connectivity index (χ0) is 41.0. The number of aliphatic imine (C=N–C) groups is 1. The van der Waals surface area contributed by atoms with Gasteiger partial charge in [0.1, 0.15) is 17.5 Å². The zero-order valence-corrected chi connectivity index (χ0v) is 33.7. The van der Waals surface area contributed by atoms with Gasteiger partial charge in [-0.25, -0.2) is 19.9 Å². The molecule has 10 aromatic rings. The standard InChI is InChI=1S/C55H39N7/c1-3-17-36(18-4-1)45-35-46(37-19-5-2-6-20-37)60-55(59-45)38-33-47(43-25-15-31-53(57-43)61-49-27-11-7-21-39(49)40-22-8-12-28-50(40)61)56-48(34-38)44-26-16-32-54(58-44)62-51-29-13-9-23-41(51)42-24-10-14-30-52(42)62/h1-9,11-23,25-35,45H,10,24H2,(H,59,60). The fraction of sp³-hybridized carbons (Fsp3) is 0.0545. The number of nitrogens with zero attached hydrogens (tertiary/aromatic N) is 6. The highest BCUT2D eigenvalue weighted by Crippen LogP contribution is 2.36. The number of amidine groups is 1. The second-order valence-electron chi connectivity index (χ2n) is 15.8. The van der Waals surface area contributed by atoms with Crippen LogP contribution >= 0.6 is 0 Å². The second-order valence-corrected chi connectivity index (χ2v) is 15.8. The Labute approximate surface area is 358 Å². The smallest absolute Gasteiger partial charge is 0.138 e. The minimum Gasteiger partial charge on any atom is -0.359 e. The van der Waals surface area contributed by atoms with Gasteiger partial charge in [0.25, 0.3) is 0 Å². The molecule has 6 heterocycles. The van der Waals surface area contributed by atoms with E-state index in [9.17, 15) is 0 Å². The Morgan fingerprint density at radius 1 is 0.484 bits per heavy atom. The van der Waals surface area contributed by atoms with E-state index in [4.69, 9.17) is 19.9 Å². The van der Waals surface area contributed by atoms with E-state index in [1.807, 2.05) is 18.2 Å². The molecule has 0 spiro atoms. The van der Waals surface area contributed by atoms with Gasteiger partial charge >= 0.3 is 0 Å². The largest absolute Gasteiger partial charge is 0.359 e. The van der Waals surface area contributed by atoms with Crippen molar-refractivity contribution >= 4 is 50.3 Å². The molecule has 5 aromatic heterocycles. The molecule has 0 saturated carbocycles. The van der Waals surface area contributed by atoms with Gasteiger partial charge in [-0.2, -0.15) is 0 Å². The topological polar surface area (TPSA) is 72.9 Å². The third-order valence-corrected chi connectivity index (χ3v) is 12.1. The van der Waals surface area contributed by atoms with E-state index in [0.29, 0.717) is 0 Å². The fourth-order valence-electron chi connectivity index (χ4n) is 9.21. The maximum Gasteiger partial charge on any atom is 0.138 e. The summed E-state index contributed by atoms with van der Waals surface area (Å²) >= 11 is 0. The fourth-order valence-corrected chi connectivity index (χ4v) is 9.21. The minimum absolute atomic E-state index is 0.113.